The summed E-state index contributed by atoms with van der Waals surface area (Å²) in [6.07, 6.45) is 6.70. The number of hydrogen-bond donors (Lipinski definition) is 1. The van der Waals surface area contributed by atoms with Gasteiger partial charge < -0.3 is 24.5 Å². The number of amides is 1. The van der Waals surface area contributed by atoms with E-state index in [0.29, 0.717) is 40.5 Å². The van der Waals surface area contributed by atoms with Gasteiger partial charge in [-0.2, -0.15) is 0 Å². The van der Waals surface area contributed by atoms with Crippen LogP contribution in [0.15, 0.2) is 53.7 Å². The number of methoxy groups -OCH3 is 1. The Labute approximate surface area is 262 Å². The predicted octanol–water partition coefficient (Wildman–Crippen LogP) is 4.43. The molecule has 0 unspecified atom stereocenters. The number of ether oxygens (including phenoxy) is 1. The Morgan fingerprint density at radius 2 is 1.89 bits per heavy atom. The number of carbonyl (C=O) groups is 1. The molecule has 2 fully saturated rings. The Balaban J connectivity index is 1.37. The van der Waals surface area contributed by atoms with Gasteiger partial charge in [0.2, 0.25) is 0 Å². The Morgan fingerprint density at radius 3 is 2.62 bits per heavy atom. The van der Waals surface area contributed by atoms with Crippen molar-refractivity contribution in [2.45, 2.75) is 56.3 Å². The quantitative estimate of drug-likeness (QED) is 0.280. The molecule has 2 aliphatic rings. The molecule has 1 saturated carbocycles. The maximum atomic E-state index is 13.7. The van der Waals surface area contributed by atoms with Crippen molar-refractivity contribution in [3.05, 3.63) is 54.2 Å². The number of benzene rings is 1. The standard InChI is InChI=1S/C33H37N7O4S/c1-19-7-11-23(34)18-39(19)33(41)22-14-26-29(28(16-22)44-3)38(2)31(37-26)27-15-21-10-12-25(36-30(21)40(27)17-20-8-9-20)24-6-5-13-35-32(24)45(4,42)43/h5-6,10,12-16,19-20,23H,7-9,11,17-18,34H2,1-4H3/t19-,23+/m0/s1. The Bertz CT molecular complexity index is 2080. The minimum Gasteiger partial charge on any atom is -0.494 e. The van der Waals surface area contributed by atoms with E-state index in [4.69, 9.17) is 20.4 Å². The Morgan fingerprint density at radius 1 is 1.09 bits per heavy atom. The van der Waals surface area contributed by atoms with E-state index in [9.17, 15) is 13.2 Å². The van der Waals surface area contributed by atoms with E-state index in [1.165, 1.54) is 6.20 Å². The number of pyridine rings is 2. The van der Waals surface area contributed by atoms with Crippen molar-refractivity contribution in [1.29, 1.82) is 0 Å². The van der Waals surface area contributed by atoms with Crippen molar-refractivity contribution in [2.75, 3.05) is 19.9 Å². The molecule has 1 aliphatic heterocycles. The molecule has 7 rings (SSSR count). The fourth-order valence-corrected chi connectivity index (χ4v) is 7.31. The molecule has 0 bridgehead atoms. The molecule has 234 valence electrons. The van der Waals surface area contributed by atoms with Crippen molar-refractivity contribution in [3.63, 3.8) is 0 Å². The molecular weight excluding hydrogens is 590 g/mol. The number of sulfone groups is 1. The first-order valence-corrected chi connectivity index (χ1v) is 17.2. The average molecular weight is 628 g/mol. The smallest absolute Gasteiger partial charge is 0.254 e. The SMILES string of the molecule is COc1cc(C(=O)N2C[C@H](N)CC[C@@H]2C)cc2nc(-c3cc4ccc(-c5cccnc5S(C)(=O)=O)nc4n3CC3CC3)n(C)c12. The molecule has 1 aliphatic carbocycles. The molecule has 2 atom stereocenters. The number of nitrogens with zero attached hydrogens (tertiary/aromatic N) is 6. The fraction of sp³-hybridized carbons (Fsp3) is 0.394. The monoisotopic (exact) mass is 627 g/mol. The molecule has 0 radical (unpaired) electrons. The van der Waals surface area contributed by atoms with Gasteiger partial charge in [-0.15, -0.1) is 0 Å². The summed E-state index contributed by atoms with van der Waals surface area (Å²) in [5.41, 5.74) is 10.8. The number of likely N-dealkylation sites (tertiary alicyclic amines) is 1. The number of hydrogen-bond acceptors (Lipinski definition) is 8. The van der Waals surface area contributed by atoms with Gasteiger partial charge in [0.25, 0.3) is 5.91 Å². The highest BCUT2D eigenvalue weighted by atomic mass is 32.2. The molecule has 1 amide bonds. The van der Waals surface area contributed by atoms with E-state index in [0.717, 1.165) is 66.6 Å². The van der Waals surface area contributed by atoms with Crippen molar-refractivity contribution in [3.8, 4) is 28.5 Å². The lowest BCUT2D eigenvalue weighted by Crippen LogP contribution is -2.50. The summed E-state index contributed by atoms with van der Waals surface area (Å²) < 4.78 is 35.0. The van der Waals surface area contributed by atoms with Gasteiger partial charge in [0.1, 0.15) is 16.9 Å². The van der Waals surface area contributed by atoms with Crippen LogP contribution in [0.25, 0.3) is 44.8 Å². The first-order chi connectivity index (χ1) is 21.5. The number of piperidine rings is 1. The maximum absolute atomic E-state index is 13.7. The van der Waals surface area contributed by atoms with Crippen LogP contribution in [-0.2, 0) is 23.4 Å². The summed E-state index contributed by atoms with van der Waals surface area (Å²) in [7, 11) is -0.00229. The van der Waals surface area contributed by atoms with Gasteiger partial charge in [-0.3, -0.25) is 4.79 Å². The molecule has 11 nitrogen and oxygen atoms in total. The summed E-state index contributed by atoms with van der Waals surface area (Å²) >= 11 is 0. The van der Waals surface area contributed by atoms with Gasteiger partial charge in [0, 0.05) is 61.2 Å². The third-order valence-corrected chi connectivity index (χ3v) is 10.1. The average Bonchev–Trinajstić information content (AvgIpc) is 3.70. The van der Waals surface area contributed by atoms with Crippen LogP contribution in [0.4, 0.5) is 0 Å². The van der Waals surface area contributed by atoms with Crippen LogP contribution in [0.1, 0.15) is 43.0 Å². The largest absolute Gasteiger partial charge is 0.494 e. The number of imidazole rings is 1. The van der Waals surface area contributed by atoms with E-state index in [1.807, 2.05) is 34.7 Å². The zero-order valence-electron chi connectivity index (χ0n) is 25.9. The van der Waals surface area contributed by atoms with Gasteiger partial charge >= 0.3 is 0 Å². The Kier molecular flexibility index (Phi) is 7.16. The van der Waals surface area contributed by atoms with Gasteiger partial charge in [-0.25, -0.2) is 23.4 Å². The number of rotatable bonds is 7. The topological polar surface area (TPSA) is 138 Å². The van der Waals surface area contributed by atoms with Gasteiger partial charge in [-0.05, 0) is 81.0 Å². The number of fused-ring (bicyclic) bond motifs is 2. The highest BCUT2D eigenvalue weighted by molar-refractivity contribution is 7.90. The van der Waals surface area contributed by atoms with Gasteiger partial charge in [-0.1, -0.05) is 0 Å². The van der Waals surface area contributed by atoms with E-state index < -0.39 is 9.84 Å². The van der Waals surface area contributed by atoms with Crippen molar-refractivity contribution < 1.29 is 17.9 Å². The Hall–Kier alpha value is -4.29. The normalized spacial score (nSPS) is 19.0. The van der Waals surface area contributed by atoms with Crippen LogP contribution in [0.5, 0.6) is 5.75 Å². The molecule has 0 spiro atoms. The summed E-state index contributed by atoms with van der Waals surface area (Å²) in [4.78, 5) is 29.8. The summed E-state index contributed by atoms with van der Waals surface area (Å²) in [6, 6.07) is 13.0. The molecule has 5 heterocycles. The number of nitrogens with two attached hydrogens (primary N) is 1. The van der Waals surface area contributed by atoms with Crippen LogP contribution in [-0.4, -0.2) is 75.3 Å². The van der Waals surface area contributed by atoms with Crippen LogP contribution in [0.3, 0.4) is 0 Å². The van der Waals surface area contributed by atoms with Crippen LogP contribution in [0.2, 0.25) is 0 Å². The predicted molar refractivity (Wildman–Crippen MR) is 173 cm³/mol. The fourth-order valence-electron chi connectivity index (χ4n) is 6.49. The summed E-state index contributed by atoms with van der Waals surface area (Å²) in [5, 5.41) is 0.926. The second kappa shape index (κ2) is 11.0. The minimum atomic E-state index is -3.56. The number of aromatic nitrogens is 5. The van der Waals surface area contributed by atoms with Crippen LogP contribution >= 0.6 is 0 Å². The molecule has 2 N–H and O–H groups in total. The number of aryl methyl sites for hydroxylation is 1. The van der Waals surface area contributed by atoms with E-state index in [1.54, 1.807) is 25.3 Å². The van der Waals surface area contributed by atoms with Gasteiger partial charge in [0.05, 0.1) is 24.0 Å². The third-order valence-electron chi connectivity index (χ3n) is 9.09. The highest BCUT2D eigenvalue weighted by Crippen LogP contribution is 2.38. The van der Waals surface area contributed by atoms with Crippen molar-refractivity contribution >= 4 is 37.8 Å². The van der Waals surface area contributed by atoms with Crippen LogP contribution in [0, 0.1) is 5.92 Å². The first kappa shape index (κ1) is 29.4. The van der Waals surface area contributed by atoms with Crippen molar-refractivity contribution in [2.24, 2.45) is 18.7 Å². The zero-order chi connectivity index (χ0) is 31.6. The van der Waals surface area contributed by atoms with E-state index >= 15 is 0 Å². The lowest BCUT2D eigenvalue weighted by atomic mass is 9.99. The minimum absolute atomic E-state index is 0.00565. The molecule has 12 heteroatoms. The van der Waals surface area contributed by atoms with E-state index in [-0.39, 0.29) is 23.0 Å². The molecular formula is C33H37N7O4S. The maximum Gasteiger partial charge on any atom is 0.254 e. The zero-order valence-corrected chi connectivity index (χ0v) is 26.7. The summed E-state index contributed by atoms with van der Waals surface area (Å²) in [5.74, 6) is 1.75. The van der Waals surface area contributed by atoms with Crippen LogP contribution < -0.4 is 10.5 Å². The summed E-state index contributed by atoms with van der Waals surface area (Å²) in [6.45, 7) is 3.35. The molecule has 1 saturated heterocycles. The van der Waals surface area contributed by atoms with Gasteiger partial charge in [0.15, 0.2) is 20.7 Å². The second-order valence-corrected chi connectivity index (χ2v) is 14.4. The lowest BCUT2D eigenvalue weighted by Gasteiger charge is -2.36. The number of carbonyl (C=O) groups excluding carboxylic acids is 1. The molecule has 5 aromatic rings. The molecule has 45 heavy (non-hydrogen) atoms. The lowest BCUT2D eigenvalue weighted by molar-refractivity contribution is 0.0612. The van der Waals surface area contributed by atoms with E-state index in [2.05, 4.69) is 22.5 Å². The third kappa shape index (κ3) is 5.25. The molecule has 1 aromatic carbocycles. The highest BCUT2D eigenvalue weighted by Gasteiger charge is 2.30. The van der Waals surface area contributed by atoms with Crippen molar-refractivity contribution in [1.82, 2.24) is 29.0 Å². The first-order valence-electron chi connectivity index (χ1n) is 15.3. The molecule has 4 aromatic heterocycles. The second-order valence-electron chi connectivity index (χ2n) is 12.5.